The fraction of sp³-hybridized carbons (Fsp3) is 0.474. The number of hydrogen-bond acceptors (Lipinski definition) is 3. The minimum Gasteiger partial charge on any atom is -0.381 e. The van der Waals surface area contributed by atoms with E-state index >= 15 is 0 Å². The van der Waals surface area contributed by atoms with Crippen LogP contribution in [0.1, 0.15) is 19.8 Å². The third kappa shape index (κ3) is 5.24. The summed E-state index contributed by atoms with van der Waals surface area (Å²) in [6, 6.07) is 12.4. The molecule has 134 valence electrons. The van der Waals surface area contributed by atoms with Gasteiger partial charge in [-0.3, -0.25) is 4.68 Å². The van der Waals surface area contributed by atoms with E-state index in [1.807, 2.05) is 40.0 Å². The number of nitrogens with zero attached hydrogens (tertiary/aromatic N) is 3. The molecule has 2 atom stereocenters. The highest BCUT2D eigenvalue weighted by molar-refractivity contribution is 5.74. The summed E-state index contributed by atoms with van der Waals surface area (Å²) in [6.07, 6.45) is 5.84. The summed E-state index contributed by atoms with van der Waals surface area (Å²) >= 11 is 0. The summed E-state index contributed by atoms with van der Waals surface area (Å²) < 4.78 is 1.90. The van der Waals surface area contributed by atoms with E-state index in [-0.39, 0.29) is 6.03 Å². The number of benzene rings is 1. The maximum absolute atomic E-state index is 12.5. The standard InChI is InChI=1S/C19H27N5O/c1-16(14-24-12-6-10-21-24)13-20-19(25)23-11-5-9-18(15-23)22-17-7-3-2-4-8-17/h2-4,6-8,10,12,16,18,22H,5,9,11,13-15H2,1H3,(H,20,25)/t16-,18-/m0/s1. The molecule has 3 rings (SSSR count). The molecule has 0 radical (unpaired) electrons. The molecule has 1 fully saturated rings. The molecule has 1 aromatic heterocycles. The van der Waals surface area contributed by atoms with E-state index < -0.39 is 0 Å². The second-order valence-corrected chi connectivity index (χ2v) is 6.81. The van der Waals surface area contributed by atoms with E-state index in [1.165, 1.54) is 0 Å². The number of carbonyl (C=O) groups is 1. The molecule has 0 unspecified atom stereocenters. The maximum Gasteiger partial charge on any atom is 0.317 e. The first-order valence-electron chi connectivity index (χ1n) is 9.02. The van der Waals surface area contributed by atoms with E-state index in [2.05, 4.69) is 34.8 Å². The molecule has 6 nitrogen and oxygen atoms in total. The second kappa shape index (κ2) is 8.55. The Hall–Kier alpha value is -2.50. The van der Waals surface area contributed by atoms with E-state index in [4.69, 9.17) is 0 Å². The first-order chi connectivity index (χ1) is 12.2. The third-order valence-electron chi connectivity index (χ3n) is 4.51. The van der Waals surface area contributed by atoms with Gasteiger partial charge in [-0.1, -0.05) is 25.1 Å². The van der Waals surface area contributed by atoms with Crippen LogP contribution in [0, 0.1) is 5.92 Å². The molecule has 1 aliphatic heterocycles. The fourth-order valence-electron chi connectivity index (χ4n) is 3.22. The number of likely N-dealkylation sites (tertiary alicyclic amines) is 1. The lowest BCUT2D eigenvalue weighted by atomic mass is 10.1. The van der Waals surface area contributed by atoms with E-state index in [0.29, 0.717) is 18.5 Å². The van der Waals surface area contributed by atoms with Gasteiger partial charge in [0.2, 0.25) is 0 Å². The van der Waals surface area contributed by atoms with Crippen LogP contribution in [0.2, 0.25) is 0 Å². The average Bonchev–Trinajstić information content (AvgIpc) is 3.14. The van der Waals surface area contributed by atoms with Crippen molar-refractivity contribution in [3.05, 3.63) is 48.8 Å². The summed E-state index contributed by atoms with van der Waals surface area (Å²) in [5.41, 5.74) is 1.11. The fourth-order valence-corrected chi connectivity index (χ4v) is 3.22. The number of rotatable bonds is 6. The quantitative estimate of drug-likeness (QED) is 0.849. The largest absolute Gasteiger partial charge is 0.381 e. The van der Waals surface area contributed by atoms with Crippen LogP contribution in [0.15, 0.2) is 48.8 Å². The van der Waals surface area contributed by atoms with Gasteiger partial charge in [-0.05, 0) is 37.0 Å². The maximum atomic E-state index is 12.5. The molecular formula is C19H27N5O. The van der Waals surface area contributed by atoms with Gasteiger partial charge in [0, 0.05) is 50.3 Å². The van der Waals surface area contributed by atoms with Crippen LogP contribution in [-0.2, 0) is 6.54 Å². The molecule has 0 spiro atoms. The number of piperidine rings is 1. The van der Waals surface area contributed by atoms with Crippen molar-refractivity contribution >= 4 is 11.7 Å². The summed E-state index contributed by atoms with van der Waals surface area (Å²) in [5.74, 6) is 0.340. The molecule has 1 aromatic carbocycles. The number of aromatic nitrogens is 2. The van der Waals surface area contributed by atoms with Gasteiger partial charge in [-0.25, -0.2) is 4.79 Å². The Morgan fingerprint density at radius 3 is 2.92 bits per heavy atom. The van der Waals surface area contributed by atoms with Crippen LogP contribution in [0.25, 0.3) is 0 Å². The van der Waals surface area contributed by atoms with Crippen LogP contribution in [0.5, 0.6) is 0 Å². The number of nitrogens with one attached hydrogen (secondary N) is 2. The number of amides is 2. The normalized spacial score (nSPS) is 18.6. The van der Waals surface area contributed by atoms with Gasteiger partial charge in [0.1, 0.15) is 0 Å². The Bertz CT molecular complexity index is 643. The van der Waals surface area contributed by atoms with Crippen LogP contribution in [0.3, 0.4) is 0 Å². The SMILES string of the molecule is C[C@@H](CNC(=O)N1CCC[C@H](Nc2ccccc2)C1)Cn1cccn1. The number of carbonyl (C=O) groups excluding carboxylic acids is 1. The zero-order valence-electron chi connectivity index (χ0n) is 14.8. The molecule has 2 aromatic rings. The van der Waals surface area contributed by atoms with Crippen molar-refractivity contribution in [2.24, 2.45) is 5.92 Å². The summed E-state index contributed by atoms with van der Waals surface area (Å²) in [4.78, 5) is 14.4. The third-order valence-corrected chi connectivity index (χ3v) is 4.51. The Morgan fingerprint density at radius 1 is 1.32 bits per heavy atom. The van der Waals surface area contributed by atoms with Gasteiger partial charge in [-0.2, -0.15) is 5.10 Å². The van der Waals surface area contributed by atoms with Gasteiger partial charge in [0.05, 0.1) is 0 Å². The molecule has 1 aliphatic rings. The molecule has 2 N–H and O–H groups in total. The zero-order valence-corrected chi connectivity index (χ0v) is 14.8. The molecule has 6 heteroatoms. The van der Waals surface area contributed by atoms with Gasteiger partial charge < -0.3 is 15.5 Å². The van der Waals surface area contributed by atoms with Crippen molar-refractivity contribution in [2.45, 2.75) is 32.4 Å². The molecule has 2 amide bonds. The lowest BCUT2D eigenvalue weighted by molar-refractivity contribution is 0.180. The number of hydrogen-bond donors (Lipinski definition) is 2. The molecule has 1 saturated heterocycles. The van der Waals surface area contributed by atoms with Crippen molar-refractivity contribution in [1.29, 1.82) is 0 Å². The minimum atomic E-state index is 0.0341. The van der Waals surface area contributed by atoms with E-state index in [0.717, 1.165) is 38.2 Å². The lowest BCUT2D eigenvalue weighted by Crippen LogP contribution is -2.49. The van der Waals surface area contributed by atoms with Gasteiger partial charge in [-0.15, -0.1) is 0 Å². The molecule has 2 heterocycles. The van der Waals surface area contributed by atoms with E-state index in [1.54, 1.807) is 6.20 Å². The van der Waals surface area contributed by atoms with Crippen molar-refractivity contribution in [1.82, 2.24) is 20.0 Å². The average molecular weight is 341 g/mol. The minimum absolute atomic E-state index is 0.0341. The highest BCUT2D eigenvalue weighted by atomic mass is 16.2. The smallest absolute Gasteiger partial charge is 0.317 e. The summed E-state index contributed by atoms with van der Waals surface area (Å²) in [6.45, 7) is 5.16. The lowest BCUT2D eigenvalue weighted by Gasteiger charge is -2.34. The highest BCUT2D eigenvalue weighted by Gasteiger charge is 2.23. The van der Waals surface area contributed by atoms with Crippen LogP contribution in [0.4, 0.5) is 10.5 Å². The first-order valence-corrected chi connectivity index (χ1v) is 9.02. The topological polar surface area (TPSA) is 62.2 Å². The van der Waals surface area contributed by atoms with Crippen molar-refractivity contribution in [3.63, 3.8) is 0 Å². The predicted molar refractivity (Wildman–Crippen MR) is 99.4 cm³/mol. The van der Waals surface area contributed by atoms with Crippen molar-refractivity contribution in [3.8, 4) is 0 Å². The molecule has 0 bridgehead atoms. The summed E-state index contributed by atoms with van der Waals surface area (Å²) in [5, 5.41) is 10.8. The predicted octanol–water partition coefficient (Wildman–Crippen LogP) is 2.81. The molecule has 0 aliphatic carbocycles. The van der Waals surface area contributed by atoms with Crippen molar-refractivity contribution < 1.29 is 4.79 Å². The Kier molecular flexibility index (Phi) is 5.93. The number of urea groups is 1. The Morgan fingerprint density at radius 2 is 2.16 bits per heavy atom. The first kappa shape index (κ1) is 17.3. The Balaban J connectivity index is 1.43. The second-order valence-electron chi connectivity index (χ2n) is 6.81. The summed E-state index contributed by atoms with van der Waals surface area (Å²) in [7, 11) is 0. The van der Waals surface area contributed by atoms with Crippen LogP contribution in [-0.4, -0.2) is 46.4 Å². The molecule has 25 heavy (non-hydrogen) atoms. The van der Waals surface area contributed by atoms with Gasteiger partial charge >= 0.3 is 6.03 Å². The monoisotopic (exact) mass is 341 g/mol. The molecule has 0 saturated carbocycles. The number of anilines is 1. The van der Waals surface area contributed by atoms with Crippen molar-refractivity contribution in [2.75, 3.05) is 25.0 Å². The number of para-hydroxylation sites is 1. The van der Waals surface area contributed by atoms with E-state index in [9.17, 15) is 4.79 Å². The van der Waals surface area contributed by atoms with Crippen LogP contribution < -0.4 is 10.6 Å². The zero-order chi connectivity index (χ0) is 17.5. The highest BCUT2D eigenvalue weighted by Crippen LogP contribution is 2.16. The van der Waals surface area contributed by atoms with Gasteiger partial charge in [0.15, 0.2) is 0 Å². The Labute approximate surface area is 149 Å². The van der Waals surface area contributed by atoms with Crippen LogP contribution >= 0.6 is 0 Å². The molecular weight excluding hydrogens is 314 g/mol. The van der Waals surface area contributed by atoms with Gasteiger partial charge in [0.25, 0.3) is 0 Å².